The predicted molar refractivity (Wildman–Crippen MR) is 122 cm³/mol. The number of likely N-dealkylation sites (tertiary alicyclic amines) is 1. The van der Waals surface area contributed by atoms with Crippen LogP contribution in [-0.2, 0) is 13.1 Å². The van der Waals surface area contributed by atoms with E-state index in [1.165, 1.54) is 53.4 Å². The molecule has 29 heavy (non-hydrogen) atoms. The van der Waals surface area contributed by atoms with Crippen molar-refractivity contribution in [3.8, 4) is 11.1 Å². The summed E-state index contributed by atoms with van der Waals surface area (Å²) in [6.45, 7) is 4.57. The molecule has 5 rings (SSSR count). The van der Waals surface area contributed by atoms with Crippen LogP contribution < -0.4 is 0 Å². The van der Waals surface area contributed by atoms with Crippen LogP contribution in [0.25, 0.3) is 21.9 Å². The number of rotatable bonds is 5. The average molecular weight is 381 g/mol. The first-order chi connectivity index (χ1) is 14.3. The molecule has 1 aliphatic rings. The molecule has 3 aromatic carbocycles. The summed E-state index contributed by atoms with van der Waals surface area (Å²) in [6, 6.07) is 28.3. The molecule has 4 aromatic rings. The van der Waals surface area contributed by atoms with Gasteiger partial charge in [-0.15, -0.1) is 0 Å². The molecule has 0 unspecified atom stereocenters. The first-order valence-electron chi connectivity index (χ1n) is 10.8. The zero-order valence-corrected chi connectivity index (χ0v) is 16.9. The van der Waals surface area contributed by atoms with Crippen molar-refractivity contribution in [2.45, 2.75) is 25.9 Å². The van der Waals surface area contributed by atoms with Crippen molar-refractivity contribution in [2.75, 3.05) is 13.1 Å². The molecule has 0 aliphatic carbocycles. The van der Waals surface area contributed by atoms with Gasteiger partial charge in [-0.1, -0.05) is 78.9 Å². The van der Waals surface area contributed by atoms with Gasteiger partial charge in [0.2, 0.25) is 0 Å². The van der Waals surface area contributed by atoms with Gasteiger partial charge in [-0.2, -0.15) is 0 Å². The van der Waals surface area contributed by atoms with E-state index in [0.29, 0.717) is 0 Å². The van der Waals surface area contributed by atoms with E-state index >= 15 is 0 Å². The van der Waals surface area contributed by atoms with Crippen molar-refractivity contribution in [1.29, 1.82) is 0 Å². The molecule has 1 saturated heterocycles. The number of aromatic nitrogens is 1. The fourth-order valence-corrected chi connectivity index (χ4v) is 4.67. The lowest BCUT2D eigenvalue weighted by Crippen LogP contribution is -2.34. The molecule has 0 spiro atoms. The van der Waals surface area contributed by atoms with Crippen molar-refractivity contribution >= 4 is 10.8 Å². The summed E-state index contributed by atoms with van der Waals surface area (Å²) in [4.78, 5) is 2.63. The normalized spacial score (nSPS) is 15.7. The van der Waals surface area contributed by atoms with Crippen LogP contribution in [0.2, 0.25) is 0 Å². The summed E-state index contributed by atoms with van der Waals surface area (Å²) in [5, 5.41) is 2.70. The Bertz CT molecular complexity index is 1040. The number of fused-ring (bicyclic) bond motifs is 1. The lowest BCUT2D eigenvalue weighted by Gasteiger charge is -2.32. The predicted octanol–water partition coefficient (Wildman–Crippen LogP) is 6.22. The zero-order chi connectivity index (χ0) is 19.5. The third kappa shape index (κ3) is 4.13. The van der Waals surface area contributed by atoms with Gasteiger partial charge in [0.05, 0.1) is 0 Å². The van der Waals surface area contributed by atoms with Crippen molar-refractivity contribution < 1.29 is 0 Å². The number of nitrogens with zero attached hydrogens (tertiary/aromatic N) is 2. The quantitative estimate of drug-likeness (QED) is 0.399. The summed E-state index contributed by atoms with van der Waals surface area (Å²) >= 11 is 0. The second-order valence-corrected chi connectivity index (χ2v) is 8.33. The van der Waals surface area contributed by atoms with Crippen molar-refractivity contribution in [2.24, 2.45) is 5.92 Å². The highest BCUT2D eigenvalue weighted by Gasteiger charge is 2.20. The lowest BCUT2D eigenvalue weighted by molar-refractivity contribution is 0.167. The molecule has 2 heteroatoms. The van der Waals surface area contributed by atoms with E-state index in [2.05, 4.69) is 101 Å². The Balaban J connectivity index is 1.22. The van der Waals surface area contributed by atoms with Gasteiger partial charge in [0.1, 0.15) is 0 Å². The van der Waals surface area contributed by atoms with E-state index in [4.69, 9.17) is 0 Å². The van der Waals surface area contributed by atoms with Gasteiger partial charge in [0, 0.05) is 25.5 Å². The molecular weight excluding hydrogens is 352 g/mol. The third-order valence-corrected chi connectivity index (χ3v) is 6.28. The maximum atomic E-state index is 2.63. The Hall–Kier alpha value is -2.84. The highest BCUT2D eigenvalue weighted by atomic mass is 15.1. The van der Waals surface area contributed by atoms with Crippen LogP contribution in [0.15, 0.2) is 91.3 Å². The molecule has 146 valence electrons. The molecule has 1 aromatic heterocycles. The van der Waals surface area contributed by atoms with Gasteiger partial charge in [0.25, 0.3) is 0 Å². The minimum atomic E-state index is 0.775. The maximum Gasteiger partial charge on any atom is 0.0249 e. The minimum absolute atomic E-state index is 0.775. The Morgan fingerprint density at radius 3 is 2.03 bits per heavy atom. The summed E-state index contributed by atoms with van der Waals surface area (Å²) in [5.41, 5.74) is 4.13. The largest absolute Gasteiger partial charge is 0.353 e. The van der Waals surface area contributed by atoms with E-state index < -0.39 is 0 Å². The van der Waals surface area contributed by atoms with Crippen LogP contribution in [0.4, 0.5) is 0 Å². The fourth-order valence-electron chi connectivity index (χ4n) is 4.67. The van der Waals surface area contributed by atoms with Crippen LogP contribution in [0.5, 0.6) is 0 Å². The van der Waals surface area contributed by atoms with Crippen LogP contribution >= 0.6 is 0 Å². The van der Waals surface area contributed by atoms with Crippen molar-refractivity contribution in [3.63, 3.8) is 0 Å². The highest BCUT2D eigenvalue weighted by Crippen LogP contribution is 2.27. The van der Waals surface area contributed by atoms with E-state index in [1.54, 1.807) is 0 Å². The fraction of sp³-hybridized carbons (Fsp3) is 0.259. The Morgan fingerprint density at radius 1 is 0.690 bits per heavy atom. The van der Waals surface area contributed by atoms with Gasteiger partial charge < -0.3 is 4.57 Å². The van der Waals surface area contributed by atoms with Gasteiger partial charge in [0.15, 0.2) is 0 Å². The Morgan fingerprint density at radius 2 is 1.31 bits per heavy atom. The Labute approximate surface area is 173 Å². The van der Waals surface area contributed by atoms with E-state index in [-0.39, 0.29) is 0 Å². The van der Waals surface area contributed by atoms with Crippen molar-refractivity contribution in [1.82, 2.24) is 9.47 Å². The number of benzene rings is 3. The Kier molecular flexibility index (Phi) is 5.19. The van der Waals surface area contributed by atoms with Crippen LogP contribution in [0.1, 0.15) is 18.4 Å². The molecular formula is C27H28N2. The first-order valence-corrected chi connectivity index (χ1v) is 10.8. The van der Waals surface area contributed by atoms with Crippen LogP contribution in [0.3, 0.4) is 0 Å². The topological polar surface area (TPSA) is 8.17 Å². The molecule has 0 amide bonds. The summed E-state index contributed by atoms with van der Waals surface area (Å²) in [7, 11) is 0. The van der Waals surface area contributed by atoms with Crippen LogP contribution in [-0.4, -0.2) is 22.6 Å². The third-order valence-electron chi connectivity index (χ3n) is 6.28. The second kappa shape index (κ2) is 8.26. The molecule has 1 fully saturated rings. The van der Waals surface area contributed by atoms with E-state index in [1.807, 2.05) is 0 Å². The number of hydrogen-bond donors (Lipinski definition) is 0. The second-order valence-electron chi connectivity index (χ2n) is 8.33. The molecule has 0 N–H and O–H groups in total. The van der Waals surface area contributed by atoms with Gasteiger partial charge in [-0.05, 0) is 59.3 Å². The molecule has 0 saturated carbocycles. The number of piperidine rings is 1. The molecule has 0 atom stereocenters. The smallest absolute Gasteiger partial charge is 0.0249 e. The zero-order valence-electron chi connectivity index (χ0n) is 16.9. The van der Waals surface area contributed by atoms with Crippen molar-refractivity contribution in [3.05, 3.63) is 96.8 Å². The van der Waals surface area contributed by atoms with Crippen LogP contribution in [0, 0.1) is 5.92 Å². The SMILES string of the molecule is c1ccc(-c2ccccc2CN2CCC(Cn3cc4ccccc4c3)CC2)cc1. The molecule has 2 heterocycles. The first kappa shape index (κ1) is 18.2. The molecule has 2 nitrogen and oxygen atoms in total. The minimum Gasteiger partial charge on any atom is -0.353 e. The van der Waals surface area contributed by atoms with Gasteiger partial charge in [-0.25, -0.2) is 0 Å². The monoisotopic (exact) mass is 380 g/mol. The van der Waals surface area contributed by atoms with Gasteiger partial charge >= 0.3 is 0 Å². The lowest BCUT2D eigenvalue weighted by atomic mass is 9.95. The summed E-state index contributed by atoms with van der Waals surface area (Å²) in [6.07, 6.45) is 7.17. The standard InChI is InChI=1S/C27H28N2/c1-2-8-23(9-3-1)27-13-7-6-12-26(27)21-28-16-14-22(15-17-28)18-29-19-24-10-4-5-11-25(24)20-29/h1-13,19-20,22H,14-18,21H2. The number of hydrogen-bond acceptors (Lipinski definition) is 1. The van der Waals surface area contributed by atoms with E-state index in [0.717, 1.165) is 19.0 Å². The highest BCUT2D eigenvalue weighted by molar-refractivity contribution is 5.82. The van der Waals surface area contributed by atoms with E-state index in [9.17, 15) is 0 Å². The molecule has 0 bridgehead atoms. The summed E-state index contributed by atoms with van der Waals surface area (Å²) < 4.78 is 2.40. The maximum absolute atomic E-state index is 2.63. The summed E-state index contributed by atoms with van der Waals surface area (Å²) in [5.74, 6) is 0.775. The molecule has 1 aliphatic heterocycles. The van der Waals surface area contributed by atoms with Gasteiger partial charge in [-0.3, -0.25) is 4.90 Å². The average Bonchev–Trinajstić information content (AvgIpc) is 3.18. The molecule has 0 radical (unpaired) electrons.